The molecule has 0 spiro atoms. The zero-order chi connectivity index (χ0) is 13.4. The molecule has 3 rings (SSSR count). The second kappa shape index (κ2) is 4.39. The monoisotopic (exact) mass is 256 g/mol. The quantitative estimate of drug-likeness (QED) is 0.572. The molecule has 1 aliphatic carbocycles. The van der Waals surface area contributed by atoms with Gasteiger partial charge in [0, 0.05) is 11.1 Å². The summed E-state index contributed by atoms with van der Waals surface area (Å²) in [6.07, 6.45) is 7.30. The van der Waals surface area contributed by atoms with Crippen LogP contribution in [0.3, 0.4) is 0 Å². The van der Waals surface area contributed by atoms with Crippen molar-refractivity contribution in [2.24, 2.45) is 0 Å². The summed E-state index contributed by atoms with van der Waals surface area (Å²) >= 11 is 0. The lowest BCUT2D eigenvalue weighted by atomic mass is 9.89. The number of ether oxygens (including phenoxy) is 2. The fourth-order valence-corrected chi connectivity index (χ4v) is 2.41. The molecular weight excluding hydrogens is 244 g/mol. The van der Waals surface area contributed by atoms with Gasteiger partial charge < -0.3 is 9.47 Å². The Kier molecular flexibility index (Phi) is 2.71. The first-order valence-electron chi connectivity index (χ1n) is 6.07. The van der Waals surface area contributed by atoms with Gasteiger partial charge in [0.2, 0.25) is 0 Å². The van der Waals surface area contributed by atoms with Crippen molar-refractivity contribution in [3.63, 3.8) is 0 Å². The van der Waals surface area contributed by atoms with Gasteiger partial charge >= 0.3 is 11.9 Å². The highest BCUT2D eigenvalue weighted by molar-refractivity contribution is 6.27. The van der Waals surface area contributed by atoms with Gasteiger partial charge in [0.1, 0.15) is 5.75 Å². The Morgan fingerprint density at radius 2 is 2.00 bits per heavy atom. The second-order valence-electron chi connectivity index (χ2n) is 4.38. The van der Waals surface area contributed by atoms with Gasteiger partial charge in [-0.1, -0.05) is 18.2 Å². The molecule has 1 aromatic carbocycles. The fourth-order valence-electron chi connectivity index (χ4n) is 2.41. The van der Waals surface area contributed by atoms with Crippen LogP contribution >= 0.6 is 0 Å². The molecule has 0 aromatic heterocycles. The van der Waals surface area contributed by atoms with Crippen LogP contribution in [0.15, 0.2) is 24.3 Å². The highest BCUT2D eigenvalue weighted by Crippen LogP contribution is 2.37. The molecule has 0 bridgehead atoms. The Bertz CT molecular complexity index is 638. The van der Waals surface area contributed by atoms with E-state index in [1.165, 1.54) is 0 Å². The Morgan fingerprint density at radius 1 is 1.16 bits per heavy atom. The van der Waals surface area contributed by atoms with Crippen molar-refractivity contribution in [2.45, 2.75) is 12.8 Å². The van der Waals surface area contributed by atoms with Crippen molar-refractivity contribution in [1.29, 1.82) is 0 Å². The summed E-state index contributed by atoms with van der Waals surface area (Å²) in [7, 11) is 1.57. The Labute approximate surface area is 110 Å². The topological polar surface area (TPSA) is 52.6 Å². The minimum Gasteiger partial charge on any atom is -0.496 e. The molecule has 1 heterocycles. The minimum atomic E-state index is -0.602. The predicted molar refractivity (Wildman–Crippen MR) is 69.7 cm³/mol. The van der Waals surface area contributed by atoms with Crippen LogP contribution in [-0.2, 0) is 9.53 Å². The normalized spacial score (nSPS) is 18.7. The van der Waals surface area contributed by atoms with E-state index in [0.717, 1.165) is 18.4 Å². The number of hydrogen-bond acceptors (Lipinski definition) is 4. The number of benzene rings is 1. The van der Waals surface area contributed by atoms with Crippen molar-refractivity contribution in [3.8, 4) is 5.75 Å². The zero-order valence-corrected chi connectivity index (χ0v) is 10.4. The average Bonchev–Trinajstić information content (AvgIpc) is 2.37. The molecule has 0 fully saturated rings. The molecule has 19 heavy (non-hydrogen) atoms. The third-order valence-corrected chi connectivity index (χ3v) is 3.29. The summed E-state index contributed by atoms with van der Waals surface area (Å²) < 4.78 is 10.1. The standard InChI is InChI=1S/C15H12O4/c1-18-12-8-7-11-13-9(12)5-3-2-4-6-10(13)14(16)19-15(11)17/h3,5-8H,2,4H2,1H3/b5-3-,10-6?. The van der Waals surface area contributed by atoms with Crippen LogP contribution in [0.2, 0.25) is 0 Å². The number of carbonyl (C=O) groups is 2. The van der Waals surface area contributed by atoms with Crippen LogP contribution in [0.5, 0.6) is 5.75 Å². The van der Waals surface area contributed by atoms with E-state index in [-0.39, 0.29) is 0 Å². The molecule has 0 N–H and O–H groups in total. The molecule has 0 unspecified atom stereocenters. The molecule has 4 nitrogen and oxygen atoms in total. The molecule has 1 aromatic rings. The maximum absolute atomic E-state index is 11.9. The number of cyclic esters (lactones) is 2. The summed E-state index contributed by atoms with van der Waals surface area (Å²) in [5.41, 5.74) is 2.24. The lowest BCUT2D eigenvalue weighted by molar-refractivity contribution is -0.131. The maximum atomic E-state index is 11.9. The van der Waals surface area contributed by atoms with Gasteiger partial charge in [0.05, 0.1) is 18.2 Å². The number of allylic oxidation sites excluding steroid dienone is 2. The van der Waals surface area contributed by atoms with Crippen molar-refractivity contribution < 1.29 is 19.1 Å². The number of methoxy groups -OCH3 is 1. The smallest absolute Gasteiger partial charge is 0.346 e. The van der Waals surface area contributed by atoms with Crippen molar-refractivity contribution >= 4 is 23.6 Å². The number of rotatable bonds is 1. The molecule has 0 atom stereocenters. The van der Waals surface area contributed by atoms with Gasteiger partial charge in [-0.3, -0.25) is 0 Å². The van der Waals surface area contributed by atoms with Crippen LogP contribution in [0.4, 0.5) is 0 Å². The van der Waals surface area contributed by atoms with Gasteiger partial charge in [-0.25, -0.2) is 9.59 Å². The van der Waals surface area contributed by atoms with Gasteiger partial charge in [-0.15, -0.1) is 0 Å². The van der Waals surface area contributed by atoms with Crippen molar-refractivity contribution in [1.82, 2.24) is 0 Å². The van der Waals surface area contributed by atoms with E-state index in [2.05, 4.69) is 0 Å². The first kappa shape index (κ1) is 11.7. The van der Waals surface area contributed by atoms with Gasteiger partial charge in [-0.05, 0) is 25.0 Å². The van der Waals surface area contributed by atoms with E-state index in [1.54, 1.807) is 19.2 Å². The molecule has 1 aliphatic heterocycles. The molecule has 2 aliphatic rings. The largest absolute Gasteiger partial charge is 0.496 e. The fraction of sp³-hybridized carbons (Fsp3) is 0.200. The van der Waals surface area contributed by atoms with E-state index in [4.69, 9.17) is 9.47 Å². The highest BCUT2D eigenvalue weighted by Gasteiger charge is 2.32. The summed E-state index contributed by atoms with van der Waals surface area (Å²) in [6.45, 7) is 0. The van der Waals surface area contributed by atoms with E-state index in [0.29, 0.717) is 22.4 Å². The molecule has 0 radical (unpaired) electrons. The van der Waals surface area contributed by atoms with Crippen molar-refractivity contribution in [3.05, 3.63) is 41.0 Å². The molecule has 4 heteroatoms. The lowest BCUT2D eigenvalue weighted by Crippen LogP contribution is -2.23. The molecule has 0 amide bonds. The Balaban J connectivity index is 2.37. The Morgan fingerprint density at radius 3 is 2.79 bits per heavy atom. The van der Waals surface area contributed by atoms with Crippen LogP contribution < -0.4 is 4.74 Å². The van der Waals surface area contributed by atoms with E-state index >= 15 is 0 Å². The number of esters is 2. The van der Waals surface area contributed by atoms with Crippen LogP contribution in [0.1, 0.15) is 34.3 Å². The minimum absolute atomic E-state index is 0.410. The zero-order valence-electron chi connectivity index (χ0n) is 10.4. The third kappa shape index (κ3) is 1.76. The van der Waals surface area contributed by atoms with Gasteiger partial charge in [0.15, 0.2) is 0 Å². The summed E-state index contributed by atoms with van der Waals surface area (Å²) in [4.78, 5) is 23.7. The van der Waals surface area contributed by atoms with Gasteiger partial charge in [0.25, 0.3) is 0 Å². The first-order valence-corrected chi connectivity index (χ1v) is 6.07. The van der Waals surface area contributed by atoms with Gasteiger partial charge in [-0.2, -0.15) is 0 Å². The predicted octanol–water partition coefficient (Wildman–Crippen LogP) is 2.58. The van der Waals surface area contributed by atoms with E-state index in [1.807, 2.05) is 18.2 Å². The average molecular weight is 256 g/mol. The molecule has 96 valence electrons. The second-order valence-corrected chi connectivity index (χ2v) is 4.38. The van der Waals surface area contributed by atoms with Crippen molar-refractivity contribution in [2.75, 3.05) is 7.11 Å². The maximum Gasteiger partial charge on any atom is 0.346 e. The van der Waals surface area contributed by atoms with E-state index < -0.39 is 11.9 Å². The summed E-state index contributed by atoms with van der Waals surface area (Å²) in [6, 6.07) is 3.35. The SMILES string of the molecule is COc1ccc2c3c1/C=C\CCC=C3C(=O)OC2=O. The molecule has 0 saturated heterocycles. The first-order chi connectivity index (χ1) is 9.22. The molecule has 0 saturated carbocycles. The summed E-state index contributed by atoms with van der Waals surface area (Å²) in [5.74, 6) is -0.539. The van der Waals surface area contributed by atoms with E-state index in [9.17, 15) is 9.59 Å². The highest BCUT2D eigenvalue weighted by atomic mass is 16.6. The van der Waals surface area contributed by atoms with Crippen LogP contribution in [0, 0.1) is 0 Å². The van der Waals surface area contributed by atoms with Crippen LogP contribution in [-0.4, -0.2) is 19.0 Å². The third-order valence-electron chi connectivity index (χ3n) is 3.29. The summed E-state index contributed by atoms with van der Waals surface area (Å²) in [5, 5.41) is 0. The number of carbonyl (C=O) groups excluding carboxylic acids is 2. The number of hydrogen-bond donors (Lipinski definition) is 0. The molecular formula is C15H12O4. The van der Waals surface area contributed by atoms with Crippen LogP contribution in [0.25, 0.3) is 11.6 Å². The lowest BCUT2D eigenvalue weighted by Gasteiger charge is -2.21. The Hall–Kier alpha value is -2.36.